The summed E-state index contributed by atoms with van der Waals surface area (Å²) >= 11 is 0. The molecule has 0 radical (unpaired) electrons. The number of carbonyl (C=O) groups excluding carboxylic acids is 1. The van der Waals surface area contributed by atoms with Gasteiger partial charge in [0.25, 0.3) is 0 Å². The van der Waals surface area contributed by atoms with E-state index in [0.717, 1.165) is 19.3 Å². The third-order valence-electron chi connectivity index (χ3n) is 3.47. The van der Waals surface area contributed by atoms with Gasteiger partial charge < -0.3 is 15.4 Å². The van der Waals surface area contributed by atoms with Crippen molar-refractivity contribution in [3.8, 4) is 0 Å². The average molecular weight is 358 g/mol. The summed E-state index contributed by atoms with van der Waals surface area (Å²) in [5.74, 6) is -0.350. The summed E-state index contributed by atoms with van der Waals surface area (Å²) in [4.78, 5) is 13.8. The van der Waals surface area contributed by atoms with Crippen LogP contribution in [0, 0.1) is 0 Å². The monoisotopic (exact) mass is 357 g/mol. The zero-order valence-corrected chi connectivity index (χ0v) is 14.9. The number of nitrogens with one attached hydrogen (secondary N) is 1. The third kappa shape index (κ3) is 7.73. The maximum absolute atomic E-state index is 12.1. The molecule has 1 heterocycles. The Bertz CT molecular complexity index is 431. The smallest absolute Gasteiger partial charge is 0.237 e. The van der Waals surface area contributed by atoms with E-state index in [0.29, 0.717) is 13.1 Å². The molecule has 22 heavy (non-hydrogen) atoms. The van der Waals surface area contributed by atoms with E-state index in [2.05, 4.69) is 4.72 Å². The van der Waals surface area contributed by atoms with Crippen molar-refractivity contribution in [2.24, 2.45) is 5.73 Å². The molecule has 1 saturated heterocycles. The molecule has 1 aliphatic heterocycles. The lowest BCUT2D eigenvalue weighted by molar-refractivity contribution is -0.133. The van der Waals surface area contributed by atoms with Crippen LogP contribution in [-0.4, -0.2) is 63.4 Å². The molecule has 1 amide bonds. The predicted octanol–water partition coefficient (Wildman–Crippen LogP) is 0.0924. The fraction of sp³-hybridized carbons (Fsp3) is 0.923. The van der Waals surface area contributed by atoms with Crippen LogP contribution in [-0.2, 0) is 19.6 Å². The number of nitrogens with zero attached hydrogens (tertiary/aromatic N) is 1. The van der Waals surface area contributed by atoms with Crippen molar-refractivity contribution in [3.05, 3.63) is 0 Å². The zero-order valence-electron chi connectivity index (χ0n) is 13.3. The van der Waals surface area contributed by atoms with Crippen LogP contribution in [0.15, 0.2) is 0 Å². The van der Waals surface area contributed by atoms with Crippen molar-refractivity contribution in [3.63, 3.8) is 0 Å². The summed E-state index contributed by atoms with van der Waals surface area (Å²) in [6, 6.07) is 0.0278. The van der Waals surface area contributed by atoms with Gasteiger partial charge in [-0.05, 0) is 33.1 Å². The highest BCUT2D eigenvalue weighted by Crippen LogP contribution is 2.15. The van der Waals surface area contributed by atoms with Crippen molar-refractivity contribution >= 4 is 28.3 Å². The van der Waals surface area contributed by atoms with Crippen LogP contribution in [0.3, 0.4) is 0 Å². The Morgan fingerprint density at radius 3 is 2.68 bits per heavy atom. The van der Waals surface area contributed by atoms with E-state index in [4.69, 9.17) is 10.5 Å². The highest BCUT2D eigenvalue weighted by atomic mass is 35.5. The number of piperidine rings is 1. The van der Waals surface area contributed by atoms with Crippen LogP contribution >= 0.6 is 12.4 Å². The van der Waals surface area contributed by atoms with Crippen LogP contribution in [0.1, 0.15) is 33.1 Å². The van der Waals surface area contributed by atoms with Gasteiger partial charge in [0.15, 0.2) is 0 Å². The van der Waals surface area contributed by atoms with Crippen LogP contribution in [0.5, 0.6) is 0 Å². The van der Waals surface area contributed by atoms with Crippen molar-refractivity contribution in [2.75, 3.05) is 32.0 Å². The van der Waals surface area contributed by atoms with E-state index in [9.17, 15) is 13.2 Å². The molecule has 0 aliphatic carbocycles. The number of hydrogen-bond acceptors (Lipinski definition) is 5. The van der Waals surface area contributed by atoms with Gasteiger partial charge in [0.1, 0.15) is 0 Å². The van der Waals surface area contributed by atoms with E-state index < -0.39 is 10.0 Å². The number of halogens is 1. The zero-order chi connectivity index (χ0) is 15.9. The molecule has 0 aromatic heterocycles. The minimum absolute atomic E-state index is 0. The van der Waals surface area contributed by atoms with Gasteiger partial charge in [0.05, 0.1) is 25.0 Å². The van der Waals surface area contributed by atoms with Gasteiger partial charge in [-0.15, -0.1) is 12.4 Å². The van der Waals surface area contributed by atoms with Gasteiger partial charge in [-0.3, -0.25) is 4.79 Å². The van der Waals surface area contributed by atoms with Gasteiger partial charge in [-0.1, -0.05) is 0 Å². The lowest BCUT2D eigenvalue weighted by Gasteiger charge is -2.35. The van der Waals surface area contributed by atoms with Gasteiger partial charge >= 0.3 is 0 Å². The number of hydrogen-bond donors (Lipinski definition) is 2. The maximum Gasteiger partial charge on any atom is 0.237 e. The number of rotatable bonds is 8. The van der Waals surface area contributed by atoms with E-state index >= 15 is 0 Å². The van der Waals surface area contributed by atoms with Crippen LogP contribution in [0.2, 0.25) is 0 Å². The summed E-state index contributed by atoms with van der Waals surface area (Å²) in [6.45, 7) is 4.66. The molecule has 1 fully saturated rings. The third-order valence-corrected chi connectivity index (χ3v) is 4.75. The molecule has 7 nitrogen and oxygen atoms in total. The Balaban J connectivity index is 0.00000441. The summed E-state index contributed by atoms with van der Waals surface area (Å²) in [7, 11) is -3.49. The van der Waals surface area contributed by atoms with E-state index in [1.54, 1.807) is 4.90 Å². The Hall–Kier alpha value is -0.410. The molecule has 9 heteroatoms. The summed E-state index contributed by atoms with van der Waals surface area (Å²) in [5, 5.41) is 0. The standard InChI is InChI=1S/C13H27N3O4S.ClH/c1-11(2)20-7-8-21(18,19)15-10-13(17)16-6-4-3-5-12(16)9-14;/h11-12,15H,3-10,14H2,1-2H3;1H. The molecule has 3 N–H and O–H groups in total. The molecule has 0 bridgehead atoms. The number of likely N-dealkylation sites (tertiary alicyclic amines) is 1. The Morgan fingerprint density at radius 1 is 1.41 bits per heavy atom. The molecule has 0 aromatic rings. The molecule has 0 saturated carbocycles. The SMILES string of the molecule is CC(C)OCCS(=O)(=O)NCC(=O)N1CCCCC1CN.Cl. The molecular weight excluding hydrogens is 330 g/mol. The summed E-state index contributed by atoms with van der Waals surface area (Å²) < 4.78 is 31.1. The van der Waals surface area contributed by atoms with Crippen molar-refractivity contribution < 1.29 is 17.9 Å². The number of sulfonamides is 1. The Kier molecular flexibility index (Phi) is 10.2. The molecule has 0 aromatic carbocycles. The minimum Gasteiger partial charge on any atom is -0.378 e. The number of amides is 1. The molecule has 1 unspecified atom stereocenters. The normalized spacial score (nSPS) is 19.1. The lowest BCUT2D eigenvalue weighted by Crippen LogP contribution is -2.50. The first-order valence-corrected chi connectivity index (χ1v) is 9.09. The highest BCUT2D eigenvalue weighted by molar-refractivity contribution is 7.89. The summed E-state index contributed by atoms with van der Waals surface area (Å²) in [5.41, 5.74) is 5.66. The number of nitrogens with two attached hydrogens (primary N) is 1. The minimum atomic E-state index is -3.49. The quantitative estimate of drug-likeness (QED) is 0.641. The second-order valence-corrected chi connectivity index (χ2v) is 7.46. The van der Waals surface area contributed by atoms with Crippen molar-refractivity contribution in [2.45, 2.75) is 45.3 Å². The van der Waals surface area contributed by atoms with Crippen LogP contribution in [0.25, 0.3) is 0 Å². The Labute approximate surface area is 139 Å². The molecule has 0 spiro atoms. The fourth-order valence-electron chi connectivity index (χ4n) is 2.31. The molecule has 1 rings (SSSR count). The van der Waals surface area contributed by atoms with Gasteiger partial charge in [-0.2, -0.15) is 0 Å². The van der Waals surface area contributed by atoms with Gasteiger partial charge in [0.2, 0.25) is 15.9 Å². The lowest BCUT2D eigenvalue weighted by atomic mass is 10.0. The first kappa shape index (κ1) is 21.6. The van der Waals surface area contributed by atoms with Crippen molar-refractivity contribution in [1.82, 2.24) is 9.62 Å². The maximum atomic E-state index is 12.1. The Morgan fingerprint density at radius 2 is 2.09 bits per heavy atom. The van der Waals surface area contributed by atoms with Crippen LogP contribution < -0.4 is 10.5 Å². The first-order chi connectivity index (χ1) is 9.85. The van der Waals surface area contributed by atoms with Gasteiger partial charge in [-0.25, -0.2) is 13.1 Å². The van der Waals surface area contributed by atoms with Crippen LogP contribution in [0.4, 0.5) is 0 Å². The molecule has 1 aliphatic rings. The van der Waals surface area contributed by atoms with E-state index in [1.807, 2.05) is 13.8 Å². The van der Waals surface area contributed by atoms with Crippen molar-refractivity contribution in [1.29, 1.82) is 0 Å². The second kappa shape index (κ2) is 10.4. The summed E-state index contributed by atoms with van der Waals surface area (Å²) in [6.07, 6.45) is 2.87. The molecular formula is C13H28ClN3O4S. The first-order valence-electron chi connectivity index (χ1n) is 7.44. The predicted molar refractivity (Wildman–Crippen MR) is 88.5 cm³/mol. The van der Waals surface area contributed by atoms with Gasteiger partial charge in [0, 0.05) is 19.1 Å². The average Bonchev–Trinajstić information content (AvgIpc) is 2.44. The molecule has 1 atom stereocenters. The fourth-order valence-corrected chi connectivity index (χ4v) is 3.12. The van der Waals surface area contributed by atoms with E-state index in [1.165, 1.54) is 0 Å². The molecule has 132 valence electrons. The van der Waals surface area contributed by atoms with E-state index in [-0.39, 0.29) is 49.4 Å². The number of carbonyl (C=O) groups is 1. The second-order valence-electron chi connectivity index (χ2n) is 5.53. The largest absolute Gasteiger partial charge is 0.378 e. The highest BCUT2D eigenvalue weighted by Gasteiger charge is 2.26. The topological polar surface area (TPSA) is 102 Å². The number of ether oxygens (including phenoxy) is 1.